The van der Waals surface area contributed by atoms with Crippen LogP contribution < -0.4 is 16.0 Å². The average Bonchev–Trinajstić information content (AvgIpc) is 2.56. The molecular formula is C19H27N3O4. The van der Waals surface area contributed by atoms with Crippen LogP contribution in [0.4, 0.5) is 17.1 Å². The van der Waals surface area contributed by atoms with Gasteiger partial charge in [0.05, 0.1) is 11.4 Å². The molecule has 1 aliphatic heterocycles. The predicted octanol–water partition coefficient (Wildman–Crippen LogP) is 3.44. The van der Waals surface area contributed by atoms with Crippen LogP contribution in [0.25, 0.3) is 0 Å². The molecule has 1 atom stereocenters. The summed E-state index contributed by atoms with van der Waals surface area (Å²) in [6.45, 7) is 3.97. The molecule has 7 heteroatoms. The summed E-state index contributed by atoms with van der Waals surface area (Å²) < 4.78 is 0. The Hall–Kier alpha value is -2.57. The van der Waals surface area contributed by atoms with Crippen LogP contribution in [-0.4, -0.2) is 28.9 Å². The Morgan fingerprint density at radius 2 is 1.81 bits per heavy atom. The van der Waals surface area contributed by atoms with Gasteiger partial charge in [-0.2, -0.15) is 0 Å². The van der Waals surface area contributed by atoms with E-state index in [9.17, 15) is 14.4 Å². The van der Waals surface area contributed by atoms with Gasteiger partial charge in [-0.05, 0) is 37.0 Å². The molecular weight excluding hydrogens is 334 g/mol. The number of benzene rings is 1. The van der Waals surface area contributed by atoms with Crippen LogP contribution in [0.1, 0.15) is 52.4 Å². The molecule has 0 unspecified atom stereocenters. The highest BCUT2D eigenvalue weighted by molar-refractivity contribution is 6.04. The van der Waals surface area contributed by atoms with Gasteiger partial charge in [-0.15, -0.1) is 0 Å². The highest BCUT2D eigenvalue weighted by atomic mass is 16.4. The van der Waals surface area contributed by atoms with E-state index in [4.69, 9.17) is 5.11 Å². The first-order valence-electron chi connectivity index (χ1n) is 9.10. The van der Waals surface area contributed by atoms with Gasteiger partial charge in [0.1, 0.15) is 6.04 Å². The zero-order chi connectivity index (χ0) is 19.1. The number of unbranched alkanes of at least 4 members (excludes halogenated alkanes) is 3. The molecule has 2 rings (SSSR count). The Morgan fingerprint density at radius 3 is 2.46 bits per heavy atom. The number of fused-ring (bicyclic) bond motifs is 1. The van der Waals surface area contributed by atoms with E-state index in [0.29, 0.717) is 24.2 Å². The van der Waals surface area contributed by atoms with Crippen molar-refractivity contribution in [3.63, 3.8) is 0 Å². The third-order valence-corrected chi connectivity index (χ3v) is 4.37. The molecule has 2 amide bonds. The van der Waals surface area contributed by atoms with E-state index < -0.39 is 5.97 Å². The molecule has 0 spiro atoms. The van der Waals surface area contributed by atoms with Gasteiger partial charge in [-0.25, -0.2) is 0 Å². The van der Waals surface area contributed by atoms with Crippen molar-refractivity contribution in [2.24, 2.45) is 5.92 Å². The molecule has 142 valence electrons. The number of carbonyl (C=O) groups excluding carboxylic acids is 2. The second kappa shape index (κ2) is 9.22. The van der Waals surface area contributed by atoms with Crippen LogP contribution in [-0.2, 0) is 14.4 Å². The van der Waals surface area contributed by atoms with Crippen molar-refractivity contribution in [3.8, 4) is 0 Å². The number of carboxylic acid groups (broad SMARTS) is 1. The van der Waals surface area contributed by atoms with Crippen LogP contribution in [0.3, 0.4) is 0 Å². The van der Waals surface area contributed by atoms with Crippen LogP contribution in [0, 0.1) is 5.92 Å². The number of rotatable bonds is 9. The number of anilines is 3. The molecule has 0 saturated carbocycles. The third-order valence-electron chi connectivity index (χ3n) is 4.37. The van der Waals surface area contributed by atoms with Gasteiger partial charge in [0.25, 0.3) is 0 Å². The van der Waals surface area contributed by atoms with E-state index >= 15 is 0 Å². The molecule has 0 aliphatic carbocycles. The maximum atomic E-state index is 12.1. The van der Waals surface area contributed by atoms with E-state index in [-0.39, 0.29) is 30.2 Å². The van der Waals surface area contributed by atoms with Crippen LogP contribution in [0.2, 0.25) is 0 Å². The fourth-order valence-corrected chi connectivity index (χ4v) is 2.90. The van der Waals surface area contributed by atoms with Crippen LogP contribution in [0.5, 0.6) is 0 Å². The lowest BCUT2D eigenvalue weighted by Crippen LogP contribution is -2.42. The predicted molar refractivity (Wildman–Crippen MR) is 101 cm³/mol. The number of carbonyl (C=O) groups is 3. The van der Waals surface area contributed by atoms with E-state index in [2.05, 4.69) is 16.0 Å². The number of carboxylic acids is 1. The summed E-state index contributed by atoms with van der Waals surface area (Å²) in [5.41, 5.74) is 2.16. The van der Waals surface area contributed by atoms with Gasteiger partial charge >= 0.3 is 5.97 Å². The maximum Gasteiger partial charge on any atom is 0.303 e. The minimum absolute atomic E-state index is 0.0719. The van der Waals surface area contributed by atoms with E-state index in [1.165, 1.54) is 0 Å². The van der Waals surface area contributed by atoms with Gasteiger partial charge in [-0.3, -0.25) is 14.4 Å². The van der Waals surface area contributed by atoms with Crippen molar-refractivity contribution >= 4 is 34.8 Å². The first-order valence-corrected chi connectivity index (χ1v) is 9.10. The molecule has 1 aromatic rings. The number of hydrogen-bond acceptors (Lipinski definition) is 4. The molecule has 1 aromatic carbocycles. The molecule has 4 N–H and O–H groups in total. The highest BCUT2D eigenvalue weighted by Gasteiger charge is 2.27. The summed E-state index contributed by atoms with van der Waals surface area (Å²) in [5, 5.41) is 17.5. The Labute approximate surface area is 153 Å². The van der Waals surface area contributed by atoms with Crippen molar-refractivity contribution in [1.82, 2.24) is 0 Å². The van der Waals surface area contributed by atoms with Gasteiger partial charge in [0.2, 0.25) is 11.8 Å². The second-order valence-electron chi connectivity index (χ2n) is 6.97. The zero-order valence-corrected chi connectivity index (χ0v) is 15.3. The standard InChI is InChI=1S/C19H27N3O4/c1-12(2)18-19(26)22-15-11-13(9-10-14(15)21-18)20-16(23)7-5-3-4-6-8-17(24)25/h9-12,18,21H,3-8H2,1-2H3,(H,20,23)(H,22,26)(H,24,25)/t18-/m0/s1. The summed E-state index contributed by atoms with van der Waals surface area (Å²) in [6, 6.07) is 5.16. The summed E-state index contributed by atoms with van der Waals surface area (Å²) in [6.07, 6.45) is 3.59. The minimum atomic E-state index is -0.781. The van der Waals surface area contributed by atoms with Crippen molar-refractivity contribution in [2.75, 3.05) is 16.0 Å². The fraction of sp³-hybridized carbons (Fsp3) is 0.526. The Morgan fingerprint density at radius 1 is 1.12 bits per heavy atom. The van der Waals surface area contributed by atoms with Crippen LogP contribution >= 0.6 is 0 Å². The lowest BCUT2D eigenvalue weighted by Gasteiger charge is -2.29. The van der Waals surface area contributed by atoms with E-state index in [0.717, 1.165) is 24.9 Å². The Bertz CT molecular complexity index is 673. The SMILES string of the molecule is CC(C)[C@@H]1Nc2ccc(NC(=O)CCCCCCC(=O)O)cc2NC1=O. The topological polar surface area (TPSA) is 108 Å². The van der Waals surface area contributed by atoms with Gasteiger partial charge in [0.15, 0.2) is 0 Å². The number of nitrogens with one attached hydrogen (secondary N) is 3. The maximum absolute atomic E-state index is 12.1. The summed E-state index contributed by atoms with van der Waals surface area (Å²) >= 11 is 0. The first-order chi connectivity index (χ1) is 12.4. The quantitative estimate of drug-likeness (QED) is 0.504. The first kappa shape index (κ1) is 19.8. The van der Waals surface area contributed by atoms with Crippen LogP contribution in [0.15, 0.2) is 18.2 Å². The molecule has 0 radical (unpaired) electrons. The molecule has 0 saturated heterocycles. The number of aliphatic carboxylic acids is 1. The van der Waals surface area contributed by atoms with Crippen molar-refractivity contribution in [3.05, 3.63) is 18.2 Å². The Kier molecular flexibility index (Phi) is 7.00. The van der Waals surface area contributed by atoms with E-state index in [1.54, 1.807) is 6.07 Å². The smallest absolute Gasteiger partial charge is 0.303 e. The second-order valence-corrected chi connectivity index (χ2v) is 6.97. The van der Waals surface area contributed by atoms with Crippen molar-refractivity contribution < 1.29 is 19.5 Å². The summed E-state index contributed by atoms with van der Waals surface area (Å²) in [4.78, 5) is 34.5. The zero-order valence-electron chi connectivity index (χ0n) is 15.3. The van der Waals surface area contributed by atoms with Gasteiger partial charge < -0.3 is 21.1 Å². The molecule has 26 heavy (non-hydrogen) atoms. The molecule has 1 aliphatic rings. The largest absolute Gasteiger partial charge is 0.481 e. The van der Waals surface area contributed by atoms with Crippen molar-refractivity contribution in [1.29, 1.82) is 0 Å². The average molecular weight is 361 g/mol. The summed E-state index contributed by atoms with van der Waals surface area (Å²) in [7, 11) is 0. The third kappa shape index (κ3) is 5.75. The monoisotopic (exact) mass is 361 g/mol. The minimum Gasteiger partial charge on any atom is -0.481 e. The molecule has 0 fully saturated rings. The highest BCUT2D eigenvalue weighted by Crippen LogP contribution is 2.31. The lowest BCUT2D eigenvalue weighted by molar-refractivity contribution is -0.137. The van der Waals surface area contributed by atoms with E-state index in [1.807, 2.05) is 26.0 Å². The number of amides is 2. The molecule has 1 heterocycles. The van der Waals surface area contributed by atoms with Crippen molar-refractivity contribution in [2.45, 2.75) is 58.4 Å². The normalized spacial score (nSPS) is 15.8. The van der Waals surface area contributed by atoms with Gasteiger partial charge in [0, 0.05) is 18.5 Å². The lowest BCUT2D eigenvalue weighted by atomic mass is 10.0. The Balaban J connectivity index is 1.80. The molecule has 0 aromatic heterocycles. The molecule has 0 bridgehead atoms. The molecule has 7 nitrogen and oxygen atoms in total. The fourth-order valence-electron chi connectivity index (χ4n) is 2.90. The van der Waals surface area contributed by atoms with Gasteiger partial charge in [-0.1, -0.05) is 26.7 Å². The number of hydrogen-bond donors (Lipinski definition) is 4. The summed E-state index contributed by atoms with van der Waals surface area (Å²) in [5.74, 6) is -0.759.